The van der Waals surface area contributed by atoms with E-state index in [0.29, 0.717) is 30.2 Å². The lowest BCUT2D eigenvalue weighted by atomic mass is 9.70. The quantitative estimate of drug-likeness (QED) is 0.884. The number of Topliss-reactive ketones (excluding diaryl/α,β-unsaturated/α-hetero) is 1. The van der Waals surface area contributed by atoms with Crippen LogP contribution in [0.5, 0.6) is 5.75 Å². The third-order valence-electron chi connectivity index (χ3n) is 6.20. The molecule has 5 nitrogen and oxygen atoms in total. The molecule has 24 heavy (non-hydrogen) atoms. The Balaban J connectivity index is 1.90. The molecule has 0 heterocycles. The predicted octanol–water partition coefficient (Wildman–Crippen LogP) is 3.14. The fourth-order valence-electron chi connectivity index (χ4n) is 4.54. The van der Waals surface area contributed by atoms with Crippen molar-refractivity contribution in [2.24, 2.45) is 16.7 Å². The number of benzene rings is 1. The molecular formula is C18H25NO4S. The topological polar surface area (TPSA) is 72.5 Å². The highest BCUT2D eigenvalue weighted by atomic mass is 32.2. The highest BCUT2D eigenvalue weighted by Crippen LogP contribution is 2.64. The maximum absolute atomic E-state index is 12.8. The number of anilines is 1. The number of nitrogens with one attached hydrogen (secondary N) is 1. The maximum atomic E-state index is 12.8. The second kappa shape index (κ2) is 5.48. The fourth-order valence-corrected chi connectivity index (χ4v) is 6.43. The van der Waals surface area contributed by atoms with Crippen molar-refractivity contribution in [3.63, 3.8) is 0 Å². The molecule has 0 amide bonds. The normalized spacial score (nSPS) is 28.2. The van der Waals surface area contributed by atoms with Crippen LogP contribution in [0.3, 0.4) is 0 Å². The first-order valence-corrected chi connectivity index (χ1v) is 9.95. The van der Waals surface area contributed by atoms with Crippen LogP contribution >= 0.6 is 0 Å². The summed E-state index contributed by atoms with van der Waals surface area (Å²) in [6.45, 7) is 5.97. The molecule has 0 radical (unpaired) electrons. The van der Waals surface area contributed by atoms with Crippen LogP contribution in [0.25, 0.3) is 0 Å². The van der Waals surface area contributed by atoms with Crippen molar-refractivity contribution in [1.82, 2.24) is 0 Å². The van der Waals surface area contributed by atoms with Gasteiger partial charge in [-0.1, -0.05) is 19.9 Å². The Morgan fingerprint density at radius 2 is 2.04 bits per heavy atom. The lowest BCUT2D eigenvalue weighted by molar-refractivity contribution is -0.128. The van der Waals surface area contributed by atoms with Crippen molar-refractivity contribution in [3.05, 3.63) is 23.8 Å². The Morgan fingerprint density at radius 3 is 2.58 bits per heavy atom. The van der Waals surface area contributed by atoms with Gasteiger partial charge >= 0.3 is 0 Å². The van der Waals surface area contributed by atoms with Gasteiger partial charge in [0.15, 0.2) is 0 Å². The van der Waals surface area contributed by atoms with E-state index < -0.39 is 15.4 Å². The van der Waals surface area contributed by atoms with E-state index in [1.807, 2.05) is 26.8 Å². The molecule has 0 unspecified atom stereocenters. The molecule has 2 atom stereocenters. The van der Waals surface area contributed by atoms with E-state index in [2.05, 4.69) is 4.72 Å². The molecule has 132 valence electrons. The summed E-state index contributed by atoms with van der Waals surface area (Å²) >= 11 is 0. The Hall–Kier alpha value is -1.56. The van der Waals surface area contributed by atoms with Crippen LogP contribution in [0.15, 0.2) is 18.2 Å². The van der Waals surface area contributed by atoms with Gasteiger partial charge in [-0.15, -0.1) is 0 Å². The Labute approximate surface area is 143 Å². The van der Waals surface area contributed by atoms with Gasteiger partial charge in [-0.3, -0.25) is 9.52 Å². The molecule has 1 N–H and O–H groups in total. The van der Waals surface area contributed by atoms with Crippen molar-refractivity contribution >= 4 is 21.5 Å². The zero-order valence-corrected chi connectivity index (χ0v) is 15.5. The number of ketones is 1. The minimum Gasteiger partial charge on any atom is -0.495 e. The maximum Gasteiger partial charge on any atom is 0.233 e. The van der Waals surface area contributed by atoms with E-state index in [4.69, 9.17) is 4.74 Å². The predicted molar refractivity (Wildman–Crippen MR) is 93.7 cm³/mol. The van der Waals surface area contributed by atoms with Gasteiger partial charge in [0.05, 0.1) is 24.0 Å². The average Bonchev–Trinajstić information content (AvgIpc) is 2.80. The van der Waals surface area contributed by atoms with Crippen LogP contribution in [-0.4, -0.2) is 27.1 Å². The van der Waals surface area contributed by atoms with E-state index in [0.717, 1.165) is 12.0 Å². The lowest BCUT2D eigenvalue weighted by Crippen LogP contribution is -2.43. The van der Waals surface area contributed by atoms with Gasteiger partial charge in [0.25, 0.3) is 0 Å². The number of aryl methyl sites for hydroxylation is 1. The Bertz CT molecular complexity index is 784. The van der Waals surface area contributed by atoms with Crippen molar-refractivity contribution in [3.8, 4) is 5.75 Å². The second-order valence-electron chi connectivity index (χ2n) is 7.73. The van der Waals surface area contributed by atoms with Crippen LogP contribution in [0.2, 0.25) is 0 Å². The molecule has 2 aliphatic rings. The smallest absolute Gasteiger partial charge is 0.233 e. The molecule has 2 aliphatic carbocycles. The van der Waals surface area contributed by atoms with E-state index in [-0.39, 0.29) is 17.0 Å². The van der Waals surface area contributed by atoms with Gasteiger partial charge in [0.2, 0.25) is 10.0 Å². The monoisotopic (exact) mass is 351 g/mol. The summed E-state index contributed by atoms with van der Waals surface area (Å²) in [5.41, 5.74) is 0.326. The first kappa shape index (κ1) is 17.3. The average molecular weight is 351 g/mol. The minimum absolute atomic E-state index is 0.102. The van der Waals surface area contributed by atoms with Gasteiger partial charge in [-0.2, -0.15) is 0 Å². The molecule has 1 aromatic rings. The molecule has 3 rings (SSSR count). The zero-order chi connectivity index (χ0) is 17.8. The number of hydrogen-bond acceptors (Lipinski definition) is 4. The molecule has 0 aromatic heterocycles. The largest absolute Gasteiger partial charge is 0.495 e. The van der Waals surface area contributed by atoms with Gasteiger partial charge in [-0.05, 0) is 48.8 Å². The highest BCUT2D eigenvalue weighted by molar-refractivity contribution is 7.92. The number of sulfonamides is 1. The minimum atomic E-state index is -3.67. The Morgan fingerprint density at radius 1 is 1.33 bits per heavy atom. The number of carbonyl (C=O) groups excluding carboxylic acids is 1. The van der Waals surface area contributed by atoms with Gasteiger partial charge < -0.3 is 4.74 Å². The van der Waals surface area contributed by atoms with Crippen molar-refractivity contribution in [1.29, 1.82) is 0 Å². The number of hydrogen-bond donors (Lipinski definition) is 1. The molecule has 1 aromatic carbocycles. The summed E-state index contributed by atoms with van der Waals surface area (Å²) in [7, 11) is -2.16. The first-order valence-electron chi connectivity index (χ1n) is 8.30. The molecule has 0 spiro atoms. The van der Waals surface area contributed by atoms with Gasteiger partial charge in [0, 0.05) is 6.42 Å². The van der Waals surface area contributed by atoms with Crippen molar-refractivity contribution < 1.29 is 17.9 Å². The third-order valence-corrected chi connectivity index (χ3v) is 7.60. The van der Waals surface area contributed by atoms with Crippen molar-refractivity contribution in [2.45, 2.75) is 40.0 Å². The number of fused-ring (bicyclic) bond motifs is 2. The number of ether oxygens (including phenoxy) is 1. The summed E-state index contributed by atoms with van der Waals surface area (Å²) in [6, 6.07) is 5.34. The molecule has 0 aliphatic heterocycles. The molecule has 2 fully saturated rings. The van der Waals surface area contributed by atoms with Gasteiger partial charge in [0.1, 0.15) is 11.5 Å². The summed E-state index contributed by atoms with van der Waals surface area (Å²) in [5.74, 6) is 0.724. The van der Waals surface area contributed by atoms with E-state index in [1.165, 1.54) is 7.11 Å². The molecule has 2 bridgehead atoms. The van der Waals surface area contributed by atoms with Crippen LogP contribution < -0.4 is 9.46 Å². The van der Waals surface area contributed by atoms with E-state index in [9.17, 15) is 13.2 Å². The lowest BCUT2D eigenvalue weighted by Gasteiger charge is -2.36. The SMILES string of the molecule is COc1ccc(C)cc1NS(=O)(=O)C[C@]12CC[C@@H](CC1=O)C2(C)C. The number of rotatable bonds is 5. The van der Waals surface area contributed by atoms with Crippen LogP contribution in [0, 0.1) is 23.7 Å². The number of methoxy groups -OCH3 is 1. The van der Waals surface area contributed by atoms with E-state index >= 15 is 0 Å². The highest BCUT2D eigenvalue weighted by Gasteiger charge is 2.65. The Kier molecular flexibility index (Phi) is 3.94. The summed E-state index contributed by atoms with van der Waals surface area (Å²) in [4.78, 5) is 12.6. The summed E-state index contributed by atoms with van der Waals surface area (Å²) in [5, 5.41) is 0. The zero-order valence-electron chi connectivity index (χ0n) is 14.7. The standard InChI is InChI=1S/C18H25NO4S/c1-12-5-6-15(23-4)14(9-12)19-24(21,22)11-18-8-7-13(10-16(18)20)17(18,2)3/h5-6,9,13,19H,7-8,10-11H2,1-4H3/t13-,18+/m0/s1. The first-order chi connectivity index (χ1) is 11.1. The van der Waals surface area contributed by atoms with Crippen LogP contribution in [-0.2, 0) is 14.8 Å². The van der Waals surface area contributed by atoms with Crippen molar-refractivity contribution in [2.75, 3.05) is 17.6 Å². The number of carbonyl (C=O) groups is 1. The second-order valence-corrected chi connectivity index (χ2v) is 9.45. The summed E-state index contributed by atoms with van der Waals surface area (Å²) in [6.07, 6.45) is 2.10. The fraction of sp³-hybridized carbons (Fsp3) is 0.611. The molecule has 2 saturated carbocycles. The van der Waals surface area contributed by atoms with E-state index in [1.54, 1.807) is 12.1 Å². The molecule has 6 heteroatoms. The third kappa shape index (κ3) is 2.51. The molecule has 0 saturated heterocycles. The van der Waals surface area contributed by atoms with Crippen LogP contribution in [0.1, 0.15) is 38.7 Å². The molecular weight excluding hydrogens is 326 g/mol. The van der Waals surface area contributed by atoms with Crippen LogP contribution in [0.4, 0.5) is 5.69 Å². The summed E-state index contributed by atoms with van der Waals surface area (Å²) < 4.78 is 33.5. The van der Waals surface area contributed by atoms with Gasteiger partial charge in [-0.25, -0.2) is 8.42 Å².